The van der Waals surface area contributed by atoms with Crippen molar-refractivity contribution in [3.05, 3.63) is 112 Å². The monoisotopic (exact) mass is 537 g/mol. The van der Waals surface area contributed by atoms with Gasteiger partial charge in [0.2, 0.25) is 0 Å². The van der Waals surface area contributed by atoms with Crippen LogP contribution in [0.25, 0.3) is 5.69 Å². The van der Waals surface area contributed by atoms with E-state index in [2.05, 4.69) is 20.0 Å². The lowest BCUT2D eigenvalue weighted by Crippen LogP contribution is -2.19. The van der Waals surface area contributed by atoms with Crippen molar-refractivity contribution in [1.29, 1.82) is 0 Å². The highest BCUT2D eigenvalue weighted by Gasteiger charge is 2.17. The lowest BCUT2D eigenvalue weighted by molar-refractivity contribution is 0.102. The van der Waals surface area contributed by atoms with E-state index in [9.17, 15) is 18.6 Å². The van der Waals surface area contributed by atoms with Crippen LogP contribution in [0.1, 0.15) is 20.7 Å². The van der Waals surface area contributed by atoms with Crippen LogP contribution in [-0.2, 0) is 15.1 Å². The van der Waals surface area contributed by atoms with Gasteiger partial charge in [0.15, 0.2) is 10.9 Å². The van der Waals surface area contributed by atoms with Crippen LogP contribution in [0.15, 0.2) is 94.3 Å². The second-order valence-corrected chi connectivity index (χ2v) is 8.95. The fourth-order valence-electron chi connectivity index (χ4n) is 3.27. The van der Waals surface area contributed by atoms with Crippen LogP contribution in [0.2, 0.25) is 5.02 Å². The standard InChI is InChI=1S/C25H20ClN5O5S/c1-36-37(35)30-18-8-11-21(20(14-18)25(34)29-22-12-7-17(26)15-27-22)28-24(33)16-5-9-19(10-6-16)31-13-3-2-4-23(31)32/h2-15,37H,1H3,(H,28,33)(H,27,29,34). The van der Waals surface area contributed by atoms with Crippen molar-refractivity contribution in [2.75, 3.05) is 17.7 Å². The number of carbonyl (C=O) groups is 2. The van der Waals surface area contributed by atoms with Crippen molar-refractivity contribution < 1.29 is 18.0 Å². The molecule has 0 aliphatic rings. The SMILES string of the molecule is CO[SH](=O)=Nc1ccc(NC(=O)c2ccc(-n3ccccc3=O)cc2)c(C(=O)Nc2ccc(Cl)cn2)c1. The number of hydrogen-bond acceptors (Lipinski definition) is 7. The first-order valence-electron chi connectivity index (χ1n) is 10.7. The molecular formula is C25H20ClN5O5S. The zero-order valence-corrected chi connectivity index (χ0v) is 20.9. The number of thiol groups is 1. The number of nitrogens with zero attached hydrogens (tertiary/aromatic N) is 3. The van der Waals surface area contributed by atoms with Crippen LogP contribution in [0.4, 0.5) is 17.2 Å². The first-order valence-corrected chi connectivity index (χ1v) is 12.2. The molecule has 0 saturated carbocycles. The highest BCUT2D eigenvalue weighted by Crippen LogP contribution is 2.25. The molecule has 37 heavy (non-hydrogen) atoms. The molecule has 0 aliphatic heterocycles. The molecule has 4 aromatic rings. The average Bonchev–Trinajstić information content (AvgIpc) is 2.91. The summed E-state index contributed by atoms with van der Waals surface area (Å²) in [5.41, 5.74) is 1.15. The van der Waals surface area contributed by atoms with E-state index in [1.807, 2.05) is 0 Å². The molecule has 0 fully saturated rings. The molecule has 2 heterocycles. The van der Waals surface area contributed by atoms with E-state index in [0.29, 0.717) is 16.3 Å². The van der Waals surface area contributed by atoms with E-state index in [-0.39, 0.29) is 28.3 Å². The second-order valence-electron chi connectivity index (χ2n) is 7.48. The summed E-state index contributed by atoms with van der Waals surface area (Å²) in [5, 5.41) is 5.74. The summed E-state index contributed by atoms with van der Waals surface area (Å²) in [6, 6.07) is 18.6. The Morgan fingerprint density at radius 3 is 2.46 bits per heavy atom. The second kappa shape index (κ2) is 11.6. The van der Waals surface area contributed by atoms with Gasteiger partial charge in [-0.2, -0.15) is 4.36 Å². The van der Waals surface area contributed by atoms with Gasteiger partial charge in [-0.25, -0.2) is 9.19 Å². The first kappa shape index (κ1) is 25.8. The molecule has 2 N–H and O–H groups in total. The lowest BCUT2D eigenvalue weighted by Gasteiger charge is -2.13. The third-order valence-electron chi connectivity index (χ3n) is 5.05. The number of amides is 2. The molecular weight excluding hydrogens is 518 g/mol. The largest absolute Gasteiger partial charge is 0.321 e. The summed E-state index contributed by atoms with van der Waals surface area (Å²) >= 11 is 5.85. The van der Waals surface area contributed by atoms with Crippen molar-refractivity contribution in [1.82, 2.24) is 9.55 Å². The number of nitrogens with one attached hydrogen (secondary N) is 2. The van der Waals surface area contributed by atoms with Gasteiger partial charge in [-0.15, -0.1) is 0 Å². The average molecular weight is 538 g/mol. The topological polar surface area (TPSA) is 132 Å². The highest BCUT2D eigenvalue weighted by molar-refractivity contribution is 7.69. The normalized spacial score (nSPS) is 11.6. The number of benzene rings is 2. The summed E-state index contributed by atoms with van der Waals surface area (Å²) < 4.78 is 21.8. The highest BCUT2D eigenvalue weighted by atomic mass is 35.5. The van der Waals surface area contributed by atoms with E-state index < -0.39 is 22.7 Å². The molecule has 2 amide bonds. The summed E-state index contributed by atoms with van der Waals surface area (Å²) in [5.74, 6) is -0.837. The van der Waals surface area contributed by atoms with Gasteiger partial charge < -0.3 is 10.6 Å². The van der Waals surface area contributed by atoms with Crippen LogP contribution < -0.4 is 16.2 Å². The molecule has 2 aromatic heterocycles. The molecule has 4 rings (SSSR count). The summed E-state index contributed by atoms with van der Waals surface area (Å²) in [7, 11) is -1.07. The Morgan fingerprint density at radius 2 is 1.78 bits per heavy atom. The summed E-state index contributed by atoms with van der Waals surface area (Å²) in [6.07, 6.45) is 3.00. The van der Waals surface area contributed by atoms with Crippen molar-refractivity contribution in [3.63, 3.8) is 0 Å². The molecule has 2 aromatic carbocycles. The van der Waals surface area contributed by atoms with Crippen LogP contribution in [-0.4, -0.2) is 32.7 Å². The van der Waals surface area contributed by atoms with E-state index >= 15 is 0 Å². The van der Waals surface area contributed by atoms with Gasteiger partial charge in [-0.3, -0.25) is 23.1 Å². The number of aromatic nitrogens is 2. The zero-order valence-electron chi connectivity index (χ0n) is 19.3. The zero-order chi connectivity index (χ0) is 26.4. The number of halogens is 1. The van der Waals surface area contributed by atoms with Crippen LogP contribution >= 0.6 is 11.6 Å². The predicted molar refractivity (Wildman–Crippen MR) is 142 cm³/mol. The number of pyridine rings is 2. The Kier molecular flexibility index (Phi) is 8.08. The molecule has 1 unspecified atom stereocenters. The molecule has 10 nitrogen and oxygen atoms in total. The van der Waals surface area contributed by atoms with E-state index in [0.717, 1.165) is 0 Å². The molecule has 12 heteroatoms. The lowest BCUT2D eigenvalue weighted by atomic mass is 10.1. The summed E-state index contributed by atoms with van der Waals surface area (Å²) in [4.78, 5) is 42.1. The fraction of sp³-hybridized carbons (Fsp3) is 0.0400. The van der Waals surface area contributed by atoms with E-state index in [1.165, 1.54) is 48.2 Å². The van der Waals surface area contributed by atoms with Gasteiger partial charge in [0.05, 0.1) is 29.1 Å². The van der Waals surface area contributed by atoms with Gasteiger partial charge in [0, 0.05) is 29.7 Å². The predicted octanol–water partition coefficient (Wildman–Crippen LogP) is 4.25. The van der Waals surface area contributed by atoms with E-state index in [4.69, 9.17) is 15.8 Å². The Balaban J connectivity index is 1.61. The molecule has 0 bridgehead atoms. The number of rotatable bonds is 7. The van der Waals surface area contributed by atoms with Gasteiger partial charge in [0.25, 0.3) is 17.4 Å². The van der Waals surface area contributed by atoms with Gasteiger partial charge in [0.1, 0.15) is 5.82 Å². The number of hydrogen-bond donors (Lipinski definition) is 3. The minimum Gasteiger partial charge on any atom is -0.321 e. The molecule has 0 spiro atoms. The minimum atomic E-state index is -2.32. The van der Waals surface area contributed by atoms with Crippen LogP contribution in [0, 0.1) is 0 Å². The third kappa shape index (κ3) is 6.47. The fourth-order valence-corrected chi connectivity index (χ4v) is 3.77. The Hall–Kier alpha value is -4.32. The first-order chi connectivity index (χ1) is 17.8. The molecule has 1 atom stereocenters. The third-order valence-corrected chi connectivity index (χ3v) is 5.98. The number of anilines is 2. The Labute approximate surface area is 218 Å². The van der Waals surface area contributed by atoms with E-state index in [1.54, 1.807) is 48.7 Å². The Morgan fingerprint density at radius 1 is 1.00 bits per heavy atom. The molecule has 188 valence electrons. The molecule has 0 saturated heterocycles. The van der Waals surface area contributed by atoms with Crippen molar-refractivity contribution in [3.8, 4) is 5.69 Å². The van der Waals surface area contributed by atoms with Gasteiger partial charge >= 0.3 is 0 Å². The molecule has 0 radical (unpaired) electrons. The maximum atomic E-state index is 13.1. The summed E-state index contributed by atoms with van der Waals surface area (Å²) in [6.45, 7) is 0. The number of carbonyl (C=O) groups excluding carboxylic acids is 2. The molecule has 0 aliphatic carbocycles. The Bertz CT molecular complexity index is 1600. The minimum absolute atomic E-state index is 0.0540. The van der Waals surface area contributed by atoms with Crippen LogP contribution in [0.3, 0.4) is 0 Å². The maximum absolute atomic E-state index is 13.1. The van der Waals surface area contributed by atoms with Gasteiger partial charge in [-0.05, 0) is 60.7 Å². The van der Waals surface area contributed by atoms with Gasteiger partial charge in [-0.1, -0.05) is 17.7 Å². The smallest absolute Gasteiger partial charge is 0.259 e. The van der Waals surface area contributed by atoms with Crippen molar-refractivity contribution in [2.45, 2.75) is 0 Å². The quantitative estimate of drug-likeness (QED) is 0.302. The van der Waals surface area contributed by atoms with Crippen LogP contribution in [0.5, 0.6) is 0 Å². The maximum Gasteiger partial charge on any atom is 0.259 e. The van der Waals surface area contributed by atoms with Crippen molar-refractivity contribution >= 4 is 51.5 Å². The van der Waals surface area contributed by atoms with Crippen molar-refractivity contribution in [2.24, 2.45) is 4.36 Å².